The van der Waals surface area contributed by atoms with E-state index in [1.807, 2.05) is 12.2 Å². The van der Waals surface area contributed by atoms with Gasteiger partial charge in [-0.3, -0.25) is 9.59 Å². The van der Waals surface area contributed by atoms with Gasteiger partial charge in [-0.1, -0.05) is 67.5 Å². The number of rotatable bonds is 0. The summed E-state index contributed by atoms with van der Waals surface area (Å²) in [6.07, 6.45) is 14.8. The first-order valence-corrected chi connectivity index (χ1v) is 11.5. The Bertz CT molecular complexity index is 878. The minimum absolute atomic E-state index is 0.00988. The highest BCUT2D eigenvalue weighted by Gasteiger charge is 2.45. The lowest BCUT2D eigenvalue weighted by atomic mass is 9.59. The summed E-state index contributed by atoms with van der Waals surface area (Å²) in [4.78, 5) is 25.4. The van der Waals surface area contributed by atoms with E-state index < -0.39 is 23.8 Å². The average molecular weight is 445 g/mol. The molecule has 0 aromatic carbocycles. The first-order chi connectivity index (χ1) is 14.6. The largest absolute Gasteiger partial charge is 0.510 e. The van der Waals surface area contributed by atoms with Crippen molar-refractivity contribution >= 4 is 23.4 Å². The molecule has 0 aromatic rings. The molecule has 3 aliphatic rings. The average Bonchev–Trinajstić information content (AvgIpc) is 2.72. The number of carbonyl (C=O) groups excluding carboxylic acids is 2. The van der Waals surface area contributed by atoms with Gasteiger partial charge >= 0.3 is 5.97 Å². The zero-order valence-corrected chi connectivity index (χ0v) is 19.7. The lowest BCUT2D eigenvalue weighted by Crippen LogP contribution is -2.41. The summed E-state index contributed by atoms with van der Waals surface area (Å²) in [6, 6.07) is 0. The van der Waals surface area contributed by atoms with Crippen LogP contribution in [0.25, 0.3) is 0 Å². The van der Waals surface area contributed by atoms with Crippen molar-refractivity contribution in [3.63, 3.8) is 0 Å². The van der Waals surface area contributed by atoms with Gasteiger partial charge in [0.15, 0.2) is 5.78 Å². The molecule has 3 rings (SSSR count). The second kappa shape index (κ2) is 9.60. The molecule has 0 saturated heterocycles. The summed E-state index contributed by atoms with van der Waals surface area (Å²) >= 11 is 6.46. The molecular weight excluding hydrogens is 412 g/mol. The van der Waals surface area contributed by atoms with E-state index in [9.17, 15) is 14.7 Å². The Kier molecular flexibility index (Phi) is 7.31. The molecule has 0 amide bonds. The Balaban J connectivity index is 2.12. The molecule has 2 aliphatic carbocycles. The SMILES string of the molecule is CC1=CC(C)C2C(C=CC3C(C)C=CC=CC(C)OC(=O)C(C)C(=O)C(Cl)=C(O)C32)C1. The fourth-order valence-electron chi connectivity index (χ4n) is 5.31. The van der Waals surface area contributed by atoms with Crippen molar-refractivity contribution in [1.29, 1.82) is 0 Å². The molecule has 0 fully saturated rings. The van der Waals surface area contributed by atoms with E-state index in [-0.39, 0.29) is 46.3 Å². The van der Waals surface area contributed by atoms with Crippen LogP contribution in [0.15, 0.2) is 58.9 Å². The third-order valence-electron chi connectivity index (χ3n) is 6.94. The van der Waals surface area contributed by atoms with E-state index in [2.05, 4.69) is 45.1 Å². The van der Waals surface area contributed by atoms with Crippen LogP contribution in [0.2, 0.25) is 0 Å². The predicted octanol–water partition coefficient (Wildman–Crippen LogP) is 5.91. The molecule has 8 unspecified atom stereocenters. The van der Waals surface area contributed by atoms with Crippen LogP contribution in [-0.4, -0.2) is 23.0 Å². The Labute approximate surface area is 190 Å². The maximum atomic E-state index is 13.0. The maximum absolute atomic E-state index is 13.0. The number of ketones is 1. The quantitative estimate of drug-likeness (QED) is 0.286. The first kappa shape index (κ1) is 23.6. The van der Waals surface area contributed by atoms with Crippen molar-refractivity contribution < 1.29 is 19.4 Å². The second-order valence-corrected chi connectivity index (χ2v) is 9.74. The Hall–Kier alpha value is -2.07. The lowest BCUT2D eigenvalue weighted by molar-refractivity contribution is -0.152. The molecule has 0 spiro atoms. The highest BCUT2D eigenvalue weighted by atomic mass is 35.5. The van der Waals surface area contributed by atoms with Crippen molar-refractivity contribution in [2.45, 2.75) is 47.1 Å². The normalized spacial score (nSPS) is 39.4. The number of aliphatic hydroxyl groups excluding tert-OH is 1. The van der Waals surface area contributed by atoms with Crippen LogP contribution < -0.4 is 0 Å². The van der Waals surface area contributed by atoms with Gasteiger partial charge in [0.2, 0.25) is 0 Å². The molecule has 0 bridgehead atoms. The summed E-state index contributed by atoms with van der Waals surface area (Å²) in [6.45, 7) is 9.63. The van der Waals surface area contributed by atoms with E-state index in [1.165, 1.54) is 12.5 Å². The van der Waals surface area contributed by atoms with E-state index in [0.29, 0.717) is 0 Å². The van der Waals surface area contributed by atoms with E-state index in [1.54, 1.807) is 13.0 Å². The zero-order chi connectivity index (χ0) is 22.9. The van der Waals surface area contributed by atoms with Crippen molar-refractivity contribution in [1.82, 2.24) is 0 Å². The van der Waals surface area contributed by atoms with Crippen molar-refractivity contribution in [3.8, 4) is 0 Å². The van der Waals surface area contributed by atoms with Gasteiger partial charge in [0.1, 0.15) is 22.8 Å². The Morgan fingerprint density at radius 2 is 1.68 bits per heavy atom. The smallest absolute Gasteiger partial charge is 0.317 e. The number of allylic oxidation sites excluding steroid dienone is 9. The fraction of sp³-hybridized carbons (Fsp3) is 0.538. The number of Topliss-reactive ketones (excluding diaryl/α,β-unsaturated/α-hetero) is 1. The van der Waals surface area contributed by atoms with Crippen LogP contribution in [0, 0.1) is 41.4 Å². The van der Waals surface area contributed by atoms with E-state index >= 15 is 0 Å². The summed E-state index contributed by atoms with van der Waals surface area (Å²) in [5, 5.41) is 11.1. The molecule has 8 atom stereocenters. The van der Waals surface area contributed by atoms with E-state index in [0.717, 1.165) is 6.42 Å². The zero-order valence-electron chi connectivity index (χ0n) is 18.9. The number of ether oxygens (including phenoxy) is 1. The molecule has 4 nitrogen and oxygen atoms in total. The van der Waals surface area contributed by atoms with Gasteiger partial charge in [-0.2, -0.15) is 0 Å². The number of halogens is 1. The van der Waals surface area contributed by atoms with Crippen molar-refractivity contribution in [2.24, 2.45) is 41.4 Å². The second-order valence-electron chi connectivity index (χ2n) is 9.36. The molecule has 0 radical (unpaired) electrons. The lowest BCUT2D eigenvalue weighted by Gasteiger charge is -2.46. The van der Waals surface area contributed by atoms with Crippen LogP contribution in [0.4, 0.5) is 0 Å². The summed E-state index contributed by atoms with van der Waals surface area (Å²) in [5.74, 6) is -1.99. The van der Waals surface area contributed by atoms with Gasteiger partial charge in [0, 0.05) is 5.92 Å². The Morgan fingerprint density at radius 3 is 2.39 bits per heavy atom. The molecule has 31 heavy (non-hydrogen) atoms. The number of carbonyl (C=O) groups is 2. The number of hydrogen-bond acceptors (Lipinski definition) is 4. The van der Waals surface area contributed by atoms with Crippen LogP contribution >= 0.6 is 11.6 Å². The van der Waals surface area contributed by atoms with Gasteiger partial charge in [0.05, 0.1) is 0 Å². The minimum Gasteiger partial charge on any atom is -0.510 e. The summed E-state index contributed by atoms with van der Waals surface area (Å²) in [7, 11) is 0. The third kappa shape index (κ3) is 4.90. The number of esters is 1. The van der Waals surface area contributed by atoms with Gasteiger partial charge < -0.3 is 9.84 Å². The first-order valence-electron chi connectivity index (χ1n) is 11.2. The Morgan fingerprint density at radius 1 is 1.00 bits per heavy atom. The molecule has 0 saturated carbocycles. The minimum atomic E-state index is -1.08. The molecule has 5 heteroatoms. The van der Waals surface area contributed by atoms with Crippen LogP contribution in [0.1, 0.15) is 41.0 Å². The van der Waals surface area contributed by atoms with Crippen molar-refractivity contribution in [3.05, 3.63) is 58.9 Å². The van der Waals surface area contributed by atoms with E-state index in [4.69, 9.17) is 16.3 Å². The van der Waals surface area contributed by atoms with Crippen molar-refractivity contribution in [2.75, 3.05) is 0 Å². The topological polar surface area (TPSA) is 63.6 Å². The highest BCUT2D eigenvalue weighted by Crippen LogP contribution is 2.50. The van der Waals surface area contributed by atoms with Crippen LogP contribution in [0.5, 0.6) is 0 Å². The maximum Gasteiger partial charge on any atom is 0.317 e. The highest BCUT2D eigenvalue weighted by molar-refractivity contribution is 6.44. The van der Waals surface area contributed by atoms with Crippen LogP contribution in [-0.2, 0) is 14.3 Å². The summed E-state index contributed by atoms with van der Waals surface area (Å²) < 4.78 is 5.35. The molecule has 1 aliphatic heterocycles. The fourth-order valence-corrected chi connectivity index (χ4v) is 5.60. The van der Waals surface area contributed by atoms with Gasteiger partial charge in [0.25, 0.3) is 0 Å². The van der Waals surface area contributed by atoms with Gasteiger partial charge in [-0.15, -0.1) is 0 Å². The number of aliphatic hydroxyl groups is 1. The molecule has 0 aromatic heterocycles. The molecular formula is C26H33ClO4. The molecule has 1 heterocycles. The number of cyclic esters (lactones) is 1. The number of fused-ring (bicyclic) bond motifs is 3. The number of hydrogen-bond donors (Lipinski definition) is 1. The molecule has 1 N–H and O–H groups in total. The monoisotopic (exact) mass is 444 g/mol. The standard InChI is InChI=1S/C26H33ClO4/c1-14-12-16(3)21-19(13-14)10-11-20-15(2)8-6-7-9-17(4)31-26(30)18(5)24(28)23(27)25(29)22(20)21/h6-12,15-22,29H,13H2,1-5H3. The third-order valence-corrected chi connectivity index (χ3v) is 7.32. The predicted molar refractivity (Wildman–Crippen MR) is 123 cm³/mol. The van der Waals surface area contributed by atoms with Gasteiger partial charge in [-0.25, -0.2) is 0 Å². The van der Waals surface area contributed by atoms with Crippen LogP contribution in [0.3, 0.4) is 0 Å². The summed E-state index contributed by atoms with van der Waals surface area (Å²) in [5.41, 5.74) is 1.34. The molecule has 168 valence electrons. The van der Waals surface area contributed by atoms with Gasteiger partial charge in [-0.05, 0) is 62.9 Å².